The van der Waals surface area contributed by atoms with Gasteiger partial charge in [0.15, 0.2) is 0 Å². The lowest BCUT2D eigenvalue weighted by atomic mass is 10.0. The monoisotopic (exact) mass is 351 g/mol. The van der Waals surface area contributed by atoms with Gasteiger partial charge in [0.25, 0.3) is 0 Å². The number of carboxylic acids is 2. The number of fused-ring (bicyclic) bond motifs is 1. The summed E-state index contributed by atoms with van der Waals surface area (Å²) in [6.45, 7) is 3.05. The third-order valence-corrected chi connectivity index (χ3v) is 3.61. The Hall–Kier alpha value is -2.45. The average molecular weight is 351 g/mol. The van der Waals surface area contributed by atoms with Crippen molar-refractivity contribution in [1.82, 2.24) is 10.2 Å². The van der Waals surface area contributed by atoms with Crippen LogP contribution >= 0.6 is 0 Å². The first kappa shape index (κ1) is 20.6. The molecule has 0 radical (unpaired) electrons. The Labute approximate surface area is 147 Å². The van der Waals surface area contributed by atoms with Crippen LogP contribution in [0.5, 0.6) is 0 Å². The largest absolute Gasteiger partial charge is 0.473 e. The number of para-hydroxylation sites is 1. The van der Waals surface area contributed by atoms with Gasteiger partial charge in [-0.15, -0.1) is 0 Å². The fourth-order valence-corrected chi connectivity index (χ4v) is 2.39. The van der Waals surface area contributed by atoms with E-state index in [1.54, 1.807) is 0 Å². The van der Waals surface area contributed by atoms with E-state index in [0.717, 1.165) is 38.2 Å². The molecule has 0 unspecified atom stereocenters. The topological polar surface area (TPSA) is 110 Å². The van der Waals surface area contributed by atoms with Gasteiger partial charge >= 0.3 is 11.9 Å². The first-order valence-corrected chi connectivity index (χ1v) is 8.03. The van der Waals surface area contributed by atoms with Gasteiger partial charge in [-0.25, -0.2) is 9.59 Å². The molecule has 3 N–H and O–H groups in total. The number of carbonyl (C=O) groups excluding carboxylic acids is 1. The number of likely N-dealkylation sites (N-methyl/N-ethyl adjacent to an activating group) is 1. The molecule has 0 atom stereocenters. The van der Waals surface area contributed by atoms with Gasteiger partial charge in [0.1, 0.15) is 0 Å². The Morgan fingerprint density at radius 1 is 1.16 bits per heavy atom. The summed E-state index contributed by atoms with van der Waals surface area (Å²) in [6, 6.07) is 8.21. The van der Waals surface area contributed by atoms with Gasteiger partial charge in [0.05, 0.1) is 6.54 Å². The molecule has 8 heteroatoms. The van der Waals surface area contributed by atoms with Crippen LogP contribution in [0.4, 0.5) is 5.69 Å². The zero-order valence-electron chi connectivity index (χ0n) is 14.6. The maximum absolute atomic E-state index is 12.3. The van der Waals surface area contributed by atoms with Crippen LogP contribution in [-0.2, 0) is 20.8 Å². The molecule has 1 aliphatic heterocycles. The molecule has 1 heterocycles. The van der Waals surface area contributed by atoms with E-state index in [-0.39, 0.29) is 5.91 Å². The number of aliphatic carboxylic acids is 2. The number of hydrogen-bond donors (Lipinski definition) is 3. The maximum atomic E-state index is 12.3. The lowest BCUT2D eigenvalue weighted by Crippen LogP contribution is -2.42. The quantitative estimate of drug-likeness (QED) is 0.516. The summed E-state index contributed by atoms with van der Waals surface area (Å²) in [5, 5.41) is 18.0. The number of carbonyl (C=O) groups is 3. The third kappa shape index (κ3) is 7.32. The lowest BCUT2D eigenvalue weighted by molar-refractivity contribution is -0.159. The Morgan fingerprint density at radius 2 is 1.80 bits per heavy atom. The molecule has 8 nitrogen and oxygen atoms in total. The molecule has 0 saturated carbocycles. The molecular weight excluding hydrogens is 326 g/mol. The number of anilines is 1. The summed E-state index contributed by atoms with van der Waals surface area (Å²) in [5.74, 6) is -3.48. The van der Waals surface area contributed by atoms with Crippen molar-refractivity contribution in [2.45, 2.75) is 12.8 Å². The Morgan fingerprint density at radius 3 is 2.40 bits per heavy atom. The van der Waals surface area contributed by atoms with E-state index < -0.39 is 11.9 Å². The number of amides is 1. The highest BCUT2D eigenvalue weighted by Crippen LogP contribution is 2.26. The van der Waals surface area contributed by atoms with Crippen molar-refractivity contribution in [3.05, 3.63) is 29.8 Å². The smallest absolute Gasteiger partial charge is 0.414 e. The van der Waals surface area contributed by atoms with Gasteiger partial charge < -0.3 is 25.3 Å². The minimum atomic E-state index is -1.82. The Bertz CT molecular complexity index is 592. The fourth-order valence-electron chi connectivity index (χ4n) is 2.39. The molecule has 0 aromatic heterocycles. The molecule has 138 valence electrons. The van der Waals surface area contributed by atoms with E-state index >= 15 is 0 Å². The van der Waals surface area contributed by atoms with E-state index in [9.17, 15) is 4.79 Å². The normalized spacial score (nSPS) is 12.8. The van der Waals surface area contributed by atoms with Crippen LogP contribution in [0.15, 0.2) is 24.3 Å². The third-order valence-electron chi connectivity index (χ3n) is 3.61. The van der Waals surface area contributed by atoms with E-state index in [0.29, 0.717) is 6.54 Å². The number of nitrogens with one attached hydrogen (secondary N) is 1. The van der Waals surface area contributed by atoms with Crippen LogP contribution in [0.3, 0.4) is 0 Å². The fraction of sp³-hybridized carbons (Fsp3) is 0.471. The van der Waals surface area contributed by atoms with Gasteiger partial charge in [-0.3, -0.25) is 4.79 Å². The van der Waals surface area contributed by atoms with Crippen molar-refractivity contribution in [3.8, 4) is 0 Å². The zero-order chi connectivity index (χ0) is 18.8. The Balaban J connectivity index is 0.000000450. The molecular formula is C17H25N3O5. The van der Waals surface area contributed by atoms with Gasteiger partial charge in [0, 0.05) is 25.3 Å². The average Bonchev–Trinajstić information content (AvgIpc) is 2.58. The molecule has 1 amide bonds. The minimum Gasteiger partial charge on any atom is -0.473 e. The van der Waals surface area contributed by atoms with Crippen molar-refractivity contribution in [2.75, 3.05) is 45.2 Å². The van der Waals surface area contributed by atoms with Gasteiger partial charge in [-0.05, 0) is 38.6 Å². The van der Waals surface area contributed by atoms with E-state index in [2.05, 4.69) is 16.3 Å². The minimum absolute atomic E-state index is 0.172. The SMILES string of the molecule is CN(C)CCNCC(=O)N1CCCc2ccccc21.O=C(O)C(=O)O. The lowest BCUT2D eigenvalue weighted by Gasteiger charge is -2.29. The number of carboxylic acid groups (broad SMARTS) is 2. The summed E-state index contributed by atoms with van der Waals surface area (Å²) in [4.78, 5) is 34.5. The highest BCUT2D eigenvalue weighted by Gasteiger charge is 2.21. The standard InChI is InChI=1S/C15H23N3O.C2H2O4/c1-17(2)11-9-16-12-15(19)18-10-5-7-13-6-3-4-8-14(13)18;3-1(4)2(5)6/h3-4,6,8,16H,5,7,9-12H2,1-2H3;(H,3,4)(H,5,6). The second-order valence-corrected chi connectivity index (χ2v) is 5.87. The molecule has 25 heavy (non-hydrogen) atoms. The highest BCUT2D eigenvalue weighted by atomic mass is 16.4. The highest BCUT2D eigenvalue weighted by molar-refractivity contribution is 6.27. The molecule has 0 fully saturated rings. The maximum Gasteiger partial charge on any atom is 0.414 e. The first-order valence-electron chi connectivity index (χ1n) is 8.03. The van der Waals surface area contributed by atoms with E-state index in [4.69, 9.17) is 19.8 Å². The van der Waals surface area contributed by atoms with Gasteiger partial charge in [-0.2, -0.15) is 0 Å². The second-order valence-electron chi connectivity index (χ2n) is 5.87. The first-order chi connectivity index (χ1) is 11.8. The number of hydrogen-bond acceptors (Lipinski definition) is 5. The molecule has 1 aromatic rings. The van der Waals surface area contributed by atoms with Crippen molar-refractivity contribution >= 4 is 23.5 Å². The van der Waals surface area contributed by atoms with Crippen molar-refractivity contribution < 1.29 is 24.6 Å². The molecule has 1 aliphatic rings. The van der Waals surface area contributed by atoms with Crippen LogP contribution in [0.2, 0.25) is 0 Å². The molecule has 0 spiro atoms. The van der Waals surface area contributed by atoms with Crippen LogP contribution < -0.4 is 10.2 Å². The van der Waals surface area contributed by atoms with E-state index in [1.165, 1.54) is 5.56 Å². The van der Waals surface area contributed by atoms with Crippen molar-refractivity contribution in [1.29, 1.82) is 0 Å². The van der Waals surface area contributed by atoms with Crippen LogP contribution in [0, 0.1) is 0 Å². The number of nitrogens with zero attached hydrogens (tertiary/aromatic N) is 2. The predicted octanol–water partition coefficient (Wildman–Crippen LogP) is 0.273. The predicted molar refractivity (Wildman–Crippen MR) is 93.8 cm³/mol. The van der Waals surface area contributed by atoms with Gasteiger partial charge in [0.2, 0.25) is 5.91 Å². The van der Waals surface area contributed by atoms with Gasteiger partial charge in [-0.1, -0.05) is 18.2 Å². The molecule has 0 bridgehead atoms. The summed E-state index contributed by atoms with van der Waals surface area (Å²) in [5.41, 5.74) is 2.38. The Kier molecular flexibility index (Phi) is 8.59. The summed E-state index contributed by atoms with van der Waals surface area (Å²) in [6.07, 6.45) is 2.13. The zero-order valence-corrected chi connectivity index (χ0v) is 14.6. The summed E-state index contributed by atoms with van der Waals surface area (Å²) >= 11 is 0. The number of aryl methyl sites for hydroxylation is 1. The van der Waals surface area contributed by atoms with Crippen molar-refractivity contribution in [3.63, 3.8) is 0 Å². The number of rotatable bonds is 5. The molecule has 0 saturated heterocycles. The van der Waals surface area contributed by atoms with Crippen LogP contribution in [0.25, 0.3) is 0 Å². The van der Waals surface area contributed by atoms with E-state index in [1.807, 2.05) is 37.2 Å². The number of benzene rings is 1. The summed E-state index contributed by atoms with van der Waals surface area (Å²) in [7, 11) is 4.06. The molecule has 0 aliphatic carbocycles. The van der Waals surface area contributed by atoms with Crippen molar-refractivity contribution in [2.24, 2.45) is 0 Å². The van der Waals surface area contributed by atoms with Crippen LogP contribution in [0.1, 0.15) is 12.0 Å². The molecule has 1 aromatic carbocycles. The second kappa shape index (κ2) is 10.4. The summed E-state index contributed by atoms with van der Waals surface area (Å²) < 4.78 is 0. The van der Waals surface area contributed by atoms with Crippen LogP contribution in [-0.4, -0.2) is 73.2 Å². The molecule has 2 rings (SSSR count).